The van der Waals surface area contributed by atoms with Crippen LogP contribution in [0.4, 0.5) is 4.39 Å². The first-order chi connectivity index (χ1) is 12.6. The fourth-order valence-electron chi connectivity index (χ4n) is 2.33. The number of carboxylic acids is 1. The lowest BCUT2D eigenvalue weighted by atomic mass is 10.1. The van der Waals surface area contributed by atoms with E-state index in [0.29, 0.717) is 23.7 Å². The lowest BCUT2D eigenvalue weighted by Crippen LogP contribution is -2.02. The van der Waals surface area contributed by atoms with Crippen LogP contribution in [0.25, 0.3) is 0 Å². The monoisotopic (exact) mass is 352 g/mol. The first-order valence-corrected chi connectivity index (χ1v) is 8.03. The quantitative estimate of drug-likeness (QED) is 0.671. The Morgan fingerprint density at radius 2 is 1.46 bits per heavy atom. The molecule has 0 aliphatic rings. The highest BCUT2D eigenvalue weighted by Crippen LogP contribution is 2.20. The minimum Gasteiger partial charge on any atom is -0.489 e. The molecule has 0 unspecified atom stereocenters. The lowest BCUT2D eigenvalue weighted by Gasteiger charge is -2.10. The summed E-state index contributed by atoms with van der Waals surface area (Å²) in [5, 5.41) is 8.84. The van der Waals surface area contributed by atoms with Crippen molar-refractivity contribution in [1.82, 2.24) is 0 Å². The summed E-state index contributed by atoms with van der Waals surface area (Å²) in [5.74, 6) is -0.493. The second kappa shape index (κ2) is 8.16. The minimum atomic E-state index is -1.16. The normalized spacial score (nSPS) is 10.3. The van der Waals surface area contributed by atoms with Gasteiger partial charge in [0.15, 0.2) is 0 Å². The summed E-state index contributed by atoms with van der Waals surface area (Å²) in [4.78, 5) is 10.8. The third-order valence-corrected chi connectivity index (χ3v) is 3.77. The highest BCUT2D eigenvalue weighted by Gasteiger charge is 2.09. The van der Waals surface area contributed by atoms with Crippen LogP contribution in [-0.2, 0) is 13.2 Å². The molecule has 0 saturated carbocycles. The number of halogens is 1. The van der Waals surface area contributed by atoms with E-state index in [1.54, 1.807) is 24.3 Å². The number of rotatable bonds is 7. The van der Waals surface area contributed by atoms with Gasteiger partial charge in [-0.15, -0.1) is 0 Å². The summed E-state index contributed by atoms with van der Waals surface area (Å²) < 4.78 is 25.1. The molecule has 26 heavy (non-hydrogen) atoms. The van der Waals surface area contributed by atoms with Gasteiger partial charge in [-0.1, -0.05) is 36.4 Å². The third kappa shape index (κ3) is 4.60. The maximum Gasteiger partial charge on any atom is 0.335 e. The van der Waals surface area contributed by atoms with Gasteiger partial charge < -0.3 is 14.6 Å². The zero-order chi connectivity index (χ0) is 18.4. The second-order valence-electron chi connectivity index (χ2n) is 5.65. The summed E-state index contributed by atoms with van der Waals surface area (Å²) in [5.41, 5.74) is 1.28. The molecular formula is C21H17FO4. The number of hydrogen-bond donors (Lipinski definition) is 1. The van der Waals surface area contributed by atoms with Crippen molar-refractivity contribution in [2.75, 3.05) is 0 Å². The smallest absolute Gasteiger partial charge is 0.335 e. The van der Waals surface area contributed by atoms with Crippen LogP contribution in [0.3, 0.4) is 0 Å². The van der Waals surface area contributed by atoms with Gasteiger partial charge in [-0.3, -0.25) is 0 Å². The Morgan fingerprint density at radius 3 is 2.04 bits per heavy atom. The molecule has 0 heterocycles. The van der Waals surface area contributed by atoms with E-state index in [0.717, 1.165) is 11.6 Å². The molecular weight excluding hydrogens is 335 g/mol. The van der Waals surface area contributed by atoms with Crippen LogP contribution in [-0.4, -0.2) is 11.1 Å². The number of carbonyl (C=O) groups is 1. The van der Waals surface area contributed by atoms with Gasteiger partial charge in [0.2, 0.25) is 0 Å². The van der Waals surface area contributed by atoms with E-state index in [1.165, 1.54) is 12.1 Å². The van der Waals surface area contributed by atoms with Crippen molar-refractivity contribution < 1.29 is 23.8 Å². The van der Waals surface area contributed by atoms with E-state index in [9.17, 15) is 9.18 Å². The SMILES string of the molecule is O=C(O)c1ccc(COc2ccc(OCc3ccccc3)cc2)c(F)c1. The number of benzene rings is 3. The third-order valence-electron chi connectivity index (χ3n) is 3.77. The Hall–Kier alpha value is -3.34. The predicted molar refractivity (Wildman–Crippen MR) is 94.9 cm³/mol. The van der Waals surface area contributed by atoms with Gasteiger partial charge in [0.25, 0.3) is 0 Å². The standard InChI is InChI=1S/C21H17FO4/c22-20-12-16(21(23)24)6-7-17(20)14-26-19-10-8-18(9-11-19)25-13-15-4-2-1-3-5-15/h1-12H,13-14H2,(H,23,24). The summed E-state index contributed by atoms with van der Waals surface area (Å²) in [6.07, 6.45) is 0. The molecule has 0 bridgehead atoms. The molecule has 0 radical (unpaired) electrons. The van der Waals surface area contributed by atoms with Crippen LogP contribution in [0, 0.1) is 5.82 Å². The molecule has 0 saturated heterocycles. The minimum absolute atomic E-state index is 0.00987. The molecule has 0 aliphatic heterocycles. The highest BCUT2D eigenvalue weighted by atomic mass is 19.1. The average Bonchev–Trinajstić information content (AvgIpc) is 2.67. The number of aromatic carboxylic acids is 1. The molecule has 1 N–H and O–H groups in total. The Bertz CT molecular complexity index is 876. The van der Waals surface area contributed by atoms with Crippen molar-refractivity contribution in [3.05, 3.63) is 95.3 Å². The predicted octanol–water partition coefficient (Wildman–Crippen LogP) is 4.68. The summed E-state index contributed by atoms with van der Waals surface area (Å²) in [6, 6.07) is 20.6. The molecule has 4 nitrogen and oxygen atoms in total. The molecule has 5 heteroatoms. The zero-order valence-electron chi connectivity index (χ0n) is 13.9. The molecule has 0 amide bonds. The number of carboxylic acid groups (broad SMARTS) is 1. The molecule has 0 spiro atoms. The van der Waals surface area contributed by atoms with Crippen LogP contribution < -0.4 is 9.47 Å². The first kappa shape index (κ1) is 17.5. The van der Waals surface area contributed by atoms with E-state index >= 15 is 0 Å². The fourth-order valence-corrected chi connectivity index (χ4v) is 2.33. The van der Waals surface area contributed by atoms with E-state index in [-0.39, 0.29) is 12.2 Å². The average molecular weight is 352 g/mol. The van der Waals surface area contributed by atoms with Gasteiger partial charge in [0.05, 0.1) is 5.56 Å². The fraction of sp³-hybridized carbons (Fsp3) is 0.0952. The van der Waals surface area contributed by atoms with Crippen LogP contribution in [0.2, 0.25) is 0 Å². The highest BCUT2D eigenvalue weighted by molar-refractivity contribution is 5.87. The molecule has 0 atom stereocenters. The van der Waals surface area contributed by atoms with Crippen LogP contribution in [0.5, 0.6) is 11.5 Å². The molecule has 132 valence electrons. The molecule has 3 aromatic rings. The zero-order valence-corrected chi connectivity index (χ0v) is 13.9. The molecule has 3 aromatic carbocycles. The Kier molecular flexibility index (Phi) is 5.49. The Morgan fingerprint density at radius 1 is 0.846 bits per heavy atom. The molecule has 0 fully saturated rings. The van der Waals surface area contributed by atoms with E-state index < -0.39 is 11.8 Å². The van der Waals surface area contributed by atoms with Gasteiger partial charge in [-0.25, -0.2) is 9.18 Å². The van der Waals surface area contributed by atoms with E-state index in [1.807, 2.05) is 30.3 Å². The number of ether oxygens (including phenoxy) is 2. The lowest BCUT2D eigenvalue weighted by molar-refractivity contribution is 0.0696. The van der Waals surface area contributed by atoms with Crippen molar-refractivity contribution >= 4 is 5.97 Å². The molecule has 0 aliphatic carbocycles. The summed E-state index contributed by atoms with van der Waals surface area (Å²) in [6.45, 7) is 0.484. The van der Waals surface area contributed by atoms with Crippen molar-refractivity contribution in [3.8, 4) is 11.5 Å². The van der Waals surface area contributed by atoms with Crippen LogP contribution >= 0.6 is 0 Å². The Labute approximate surface area is 150 Å². The summed E-state index contributed by atoms with van der Waals surface area (Å²) in [7, 11) is 0. The van der Waals surface area contributed by atoms with Crippen LogP contribution in [0.1, 0.15) is 21.5 Å². The number of hydrogen-bond acceptors (Lipinski definition) is 3. The van der Waals surface area contributed by atoms with Crippen molar-refractivity contribution in [3.63, 3.8) is 0 Å². The maximum absolute atomic E-state index is 13.9. The van der Waals surface area contributed by atoms with Crippen molar-refractivity contribution in [1.29, 1.82) is 0 Å². The van der Waals surface area contributed by atoms with Crippen molar-refractivity contribution in [2.24, 2.45) is 0 Å². The second-order valence-corrected chi connectivity index (χ2v) is 5.65. The van der Waals surface area contributed by atoms with Gasteiger partial charge in [0.1, 0.15) is 30.5 Å². The van der Waals surface area contributed by atoms with Gasteiger partial charge in [-0.2, -0.15) is 0 Å². The van der Waals surface area contributed by atoms with E-state index in [4.69, 9.17) is 14.6 Å². The molecule has 0 aromatic heterocycles. The Balaban J connectivity index is 1.55. The van der Waals surface area contributed by atoms with Gasteiger partial charge in [-0.05, 0) is 42.0 Å². The first-order valence-electron chi connectivity index (χ1n) is 8.03. The van der Waals surface area contributed by atoms with Crippen molar-refractivity contribution in [2.45, 2.75) is 13.2 Å². The van der Waals surface area contributed by atoms with Gasteiger partial charge in [0, 0.05) is 5.56 Å². The summed E-state index contributed by atoms with van der Waals surface area (Å²) >= 11 is 0. The van der Waals surface area contributed by atoms with E-state index in [2.05, 4.69) is 0 Å². The van der Waals surface area contributed by atoms with Crippen LogP contribution in [0.15, 0.2) is 72.8 Å². The maximum atomic E-state index is 13.9. The van der Waals surface area contributed by atoms with Gasteiger partial charge >= 0.3 is 5.97 Å². The largest absolute Gasteiger partial charge is 0.489 e. The topological polar surface area (TPSA) is 55.8 Å². The molecule has 3 rings (SSSR count).